The predicted molar refractivity (Wildman–Crippen MR) is 63.4 cm³/mol. The Bertz CT molecular complexity index is 422. The third-order valence-corrected chi connectivity index (χ3v) is 3.15. The van der Waals surface area contributed by atoms with Crippen molar-refractivity contribution in [3.05, 3.63) is 23.4 Å². The summed E-state index contributed by atoms with van der Waals surface area (Å²) in [5.74, 6) is 0.834. The zero-order valence-electron chi connectivity index (χ0n) is 9.70. The van der Waals surface area contributed by atoms with Gasteiger partial charge in [0, 0.05) is 25.3 Å². The predicted octanol–water partition coefficient (Wildman–Crippen LogP) is 1.06. The van der Waals surface area contributed by atoms with Gasteiger partial charge >= 0.3 is 0 Å². The van der Waals surface area contributed by atoms with Crippen LogP contribution < -0.4 is 10.2 Å². The number of anilines is 1. The average molecular weight is 216 g/mol. The lowest BCUT2D eigenvalue weighted by Gasteiger charge is -2.19. The quantitative estimate of drug-likeness (QED) is 0.803. The van der Waals surface area contributed by atoms with Gasteiger partial charge in [0.1, 0.15) is 11.9 Å². The summed E-state index contributed by atoms with van der Waals surface area (Å²) >= 11 is 0. The SMILES string of the molecule is CNC1CCN(c2nccc(C)c2C#N)C1. The zero-order chi connectivity index (χ0) is 11.5. The van der Waals surface area contributed by atoms with Crippen LogP contribution in [0.4, 0.5) is 5.82 Å². The van der Waals surface area contributed by atoms with E-state index in [4.69, 9.17) is 5.26 Å². The first-order chi connectivity index (χ1) is 7.76. The number of hydrogen-bond donors (Lipinski definition) is 1. The van der Waals surface area contributed by atoms with Crippen LogP contribution in [-0.2, 0) is 0 Å². The van der Waals surface area contributed by atoms with E-state index < -0.39 is 0 Å². The van der Waals surface area contributed by atoms with Crippen molar-refractivity contribution >= 4 is 5.82 Å². The molecule has 2 rings (SSSR count). The molecule has 0 aromatic carbocycles. The second-order valence-corrected chi connectivity index (χ2v) is 4.16. The highest BCUT2D eigenvalue weighted by Gasteiger charge is 2.24. The normalized spacial score (nSPS) is 19.8. The number of hydrogen-bond acceptors (Lipinski definition) is 4. The second kappa shape index (κ2) is 4.50. The van der Waals surface area contributed by atoms with Gasteiger partial charge in [-0.05, 0) is 32.0 Å². The largest absolute Gasteiger partial charge is 0.354 e. The van der Waals surface area contributed by atoms with E-state index in [2.05, 4.69) is 21.3 Å². The molecule has 0 radical (unpaired) electrons. The first-order valence-corrected chi connectivity index (χ1v) is 5.54. The van der Waals surface area contributed by atoms with Crippen molar-refractivity contribution in [2.24, 2.45) is 0 Å². The molecule has 1 aromatic heterocycles. The Morgan fingerprint density at radius 3 is 3.06 bits per heavy atom. The minimum Gasteiger partial charge on any atom is -0.354 e. The van der Waals surface area contributed by atoms with E-state index in [-0.39, 0.29) is 0 Å². The monoisotopic (exact) mass is 216 g/mol. The number of aryl methyl sites for hydroxylation is 1. The number of rotatable bonds is 2. The lowest BCUT2D eigenvalue weighted by atomic mass is 10.1. The maximum absolute atomic E-state index is 9.15. The van der Waals surface area contributed by atoms with Crippen LogP contribution in [0.1, 0.15) is 17.5 Å². The summed E-state index contributed by atoms with van der Waals surface area (Å²) in [7, 11) is 1.98. The van der Waals surface area contributed by atoms with Gasteiger partial charge in [-0.15, -0.1) is 0 Å². The highest BCUT2D eigenvalue weighted by Crippen LogP contribution is 2.23. The van der Waals surface area contributed by atoms with Crippen molar-refractivity contribution in [3.63, 3.8) is 0 Å². The Morgan fingerprint density at radius 1 is 1.62 bits per heavy atom. The van der Waals surface area contributed by atoms with Gasteiger partial charge in [-0.2, -0.15) is 5.26 Å². The van der Waals surface area contributed by atoms with Crippen LogP contribution in [0.3, 0.4) is 0 Å². The molecule has 1 aliphatic heterocycles. The Hall–Kier alpha value is -1.60. The fraction of sp³-hybridized carbons (Fsp3) is 0.500. The van der Waals surface area contributed by atoms with Crippen LogP contribution in [0.25, 0.3) is 0 Å². The summed E-state index contributed by atoms with van der Waals surface area (Å²) in [6, 6.07) is 4.64. The maximum Gasteiger partial charge on any atom is 0.146 e. The van der Waals surface area contributed by atoms with E-state index in [1.54, 1.807) is 6.20 Å². The molecule has 1 unspecified atom stereocenters. The molecule has 1 N–H and O–H groups in total. The molecule has 1 fully saturated rings. The van der Waals surface area contributed by atoms with E-state index in [9.17, 15) is 0 Å². The number of pyridine rings is 1. The number of nitrogens with zero attached hydrogens (tertiary/aromatic N) is 3. The molecule has 1 atom stereocenters. The van der Waals surface area contributed by atoms with Crippen molar-refractivity contribution in [1.82, 2.24) is 10.3 Å². The molecule has 84 valence electrons. The third kappa shape index (κ3) is 1.86. The fourth-order valence-electron chi connectivity index (χ4n) is 2.11. The topological polar surface area (TPSA) is 52.0 Å². The summed E-state index contributed by atoms with van der Waals surface area (Å²) in [5, 5.41) is 12.4. The van der Waals surface area contributed by atoms with Gasteiger partial charge in [-0.25, -0.2) is 4.98 Å². The molecule has 0 spiro atoms. The molecule has 0 bridgehead atoms. The fourth-order valence-corrected chi connectivity index (χ4v) is 2.11. The summed E-state index contributed by atoms with van der Waals surface area (Å²) < 4.78 is 0. The number of nitrogens with one attached hydrogen (secondary N) is 1. The first kappa shape index (κ1) is 10.9. The van der Waals surface area contributed by atoms with Crippen LogP contribution in [0.2, 0.25) is 0 Å². The number of aromatic nitrogens is 1. The van der Waals surface area contributed by atoms with Gasteiger partial charge in [0.2, 0.25) is 0 Å². The first-order valence-electron chi connectivity index (χ1n) is 5.54. The Morgan fingerprint density at radius 2 is 2.44 bits per heavy atom. The lowest BCUT2D eigenvalue weighted by Crippen LogP contribution is -2.30. The van der Waals surface area contributed by atoms with Gasteiger partial charge in [0.25, 0.3) is 0 Å². The molecule has 1 aromatic rings. The van der Waals surface area contributed by atoms with Crippen molar-refractivity contribution in [2.45, 2.75) is 19.4 Å². The number of likely N-dealkylation sites (N-methyl/N-ethyl adjacent to an activating group) is 1. The van der Waals surface area contributed by atoms with Crippen molar-refractivity contribution in [2.75, 3.05) is 25.0 Å². The summed E-state index contributed by atoms with van der Waals surface area (Å²) in [5.41, 5.74) is 1.71. The average Bonchev–Trinajstić information content (AvgIpc) is 2.77. The molecule has 0 aliphatic carbocycles. The van der Waals surface area contributed by atoms with E-state index in [1.165, 1.54) is 0 Å². The molecule has 0 saturated carbocycles. The van der Waals surface area contributed by atoms with Gasteiger partial charge < -0.3 is 10.2 Å². The molecule has 16 heavy (non-hydrogen) atoms. The highest BCUT2D eigenvalue weighted by molar-refractivity contribution is 5.57. The summed E-state index contributed by atoms with van der Waals surface area (Å²) in [6.07, 6.45) is 2.88. The Balaban J connectivity index is 2.28. The van der Waals surface area contributed by atoms with Gasteiger partial charge in [0.05, 0.1) is 5.56 Å². The zero-order valence-corrected chi connectivity index (χ0v) is 9.70. The second-order valence-electron chi connectivity index (χ2n) is 4.16. The molecular weight excluding hydrogens is 200 g/mol. The molecule has 1 saturated heterocycles. The van der Waals surface area contributed by atoms with Gasteiger partial charge in [-0.3, -0.25) is 0 Å². The van der Waals surface area contributed by atoms with Crippen LogP contribution in [0.15, 0.2) is 12.3 Å². The molecule has 4 heteroatoms. The molecular formula is C12H16N4. The minimum atomic E-state index is 0.508. The Labute approximate surface area is 95.9 Å². The lowest BCUT2D eigenvalue weighted by molar-refractivity contribution is 0.616. The standard InChI is InChI=1S/C12H16N4/c1-9-3-5-15-12(11(9)7-13)16-6-4-10(8-16)14-2/h3,5,10,14H,4,6,8H2,1-2H3. The smallest absolute Gasteiger partial charge is 0.146 e. The van der Waals surface area contributed by atoms with Gasteiger partial charge in [-0.1, -0.05) is 0 Å². The van der Waals surface area contributed by atoms with Gasteiger partial charge in [0.15, 0.2) is 0 Å². The molecule has 1 aliphatic rings. The van der Waals surface area contributed by atoms with E-state index in [1.807, 2.05) is 20.0 Å². The van der Waals surface area contributed by atoms with Crippen molar-refractivity contribution < 1.29 is 0 Å². The molecule has 4 nitrogen and oxygen atoms in total. The summed E-state index contributed by atoms with van der Waals surface area (Å²) in [6.45, 7) is 3.85. The molecule has 2 heterocycles. The maximum atomic E-state index is 9.15. The van der Waals surface area contributed by atoms with E-state index >= 15 is 0 Å². The number of nitriles is 1. The molecule has 0 amide bonds. The van der Waals surface area contributed by atoms with Crippen LogP contribution >= 0.6 is 0 Å². The summed E-state index contributed by atoms with van der Waals surface area (Å²) in [4.78, 5) is 6.52. The Kier molecular flexibility index (Phi) is 3.07. The van der Waals surface area contributed by atoms with Crippen LogP contribution in [0, 0.1) is 18.3 Å². The third-order valence-electron chi connectivity index (χ3n) is 3.15. The minimum absolute atomic E-state index is 0.508. The van der Waals surface area contributed by atoms with E-state index in [0.29, 0.717) is 11.6 Å². The van der Waals surface area contributed by atoms with E-state index in [0.717, 1.165) is 30.9 Å². The van der Waals surface area contributed by atoms with Crippen LogP contribution in [0.5, 0.6) is 0 Å². The van der Waals surface area contributed by atoms with Crippen molar-refractivity contribution in [3.8, 4) is 6.07 Å². The highest BCUT2D eigenvalue weighted by atomic mass is 15.2. The van der Waals surface area contributed by atoms with Crippen LogP contribution in [-0.4, -0.2) is 31.2 Å². The van der Waals surface area contributed by atoms with Crippen molar-refractivity contribution in [1.29, 1.82) is 5.26 Å².